The van der Waals surface area contributed by atoms with Gasteiger partial charge in [-0.15, -0.1) is 0 Å². The van der Waals surface area contributed by atoms with Gasteiger partial charge in [-0.05, 0) is 37.5 Å². The number of ether oxygens (including phenoxy) is 2. The molecule has 2 aliphatic rings. The predicted octanol–water partition coefficient (Wildman–Crippen LogP) is 4.30. The zero-order valence-corrected chi connectivity index (χ0v) is 17.8. The molecule has 4 rings (SSSR count). The van der Waals surface area contributed by atoms with Crippen molar-refractivity contribution in [2.75, 3.05) is 19.8 Å². The predicted molar refractivity (Wildman–Crippen MR) is 118 cm³/mol. The second-order valence-corrected chi connectivity index (χ2v) is 8.33. The molecule has 30 heavy (non-hydrogen) atoms. The van der Waals surface area contributed by atoms with Gasteiger partial charge in [0.1, 0.15) is 11.9 Å². The van der Waals surface area contributed by atoms with Gasteiger partial charge in [0.15, 0.2) is 0 Å². The summed E-state index contributed by atoms with van der Waals surface area (Å²) in [5.74, 6) is 0.149. The molecule has 1 N–H and O–H groups in total. The van der Waals surface area contributed by atoms with Crippen molar-refractivity contribution in [1.82, 2.24) is 9.88 Å². The highest BCUT2D eigenvalue weighted by Crippen LogP contribution is 2.40. The van der Waals surface area contributed by atoms with Crippen LogP contribution in [0.2, 0.25) is 10.0 Å². The molecule has 1 aromatic carbocycles. The molecule has 0 radical (unpaired) electrons. The number of pyridine rings is 1. The zero-order valence-electron chi connectivity index (χ0n) is 16.3. The van der Waals surface area contributed by atoms with Gasteiger partial charge in [0, 0.05) is 35.3 Å². The minimum absolute atomic E-state index is 0. The quantitative estimate of drug-likeness (QED) is 0.750. The van der Waals surface area contributed by atoms with Gasteiger partial charge in [0.25, 0.3) is 11.5 Å². The van der Waals surface area contributed by atoms with Crippen LogP contribution < -0.4 is 10.3 Å². The Morgan fingerprint density at radius 3 is 2.70 bits per heavy atom. The van der Waals surface area contributed by atoms with Crippen molar-refractivity contribution in [3.63, 3.8) is 0 Å². The highest BCUT2D eigenvalue weighted by atomic mass is 35.5. The van der Waals surface area contributed by atoms with Gasteiger partial charge in [-0.2, -0.15) is 0 Å². The SMILES string of the molecule is C.Cc1cc(C)c(CN2CCc3c(Cl)cc(O[C@@H]4CCOC4)c(Cl)c3C2=O)c(=O)[nH]1. The van der Waals surface area contributed by atoms with Gasteiger partial charge < -0.3 is 19.4 Å². The fourth-order valence-corrected chi connectivity index (χ4v) is 4.49. The number of benzene rings is 1. The minimum Gasteiger partial charge on any atom is -0.486 e. The molecule has 2 aliphatic heterocycles. The standard InChI is InChI=1S/C21H22Cl2N2O4.CH4/c1-11-7-12(2)24-20(26)15(11)9-25-5-3-14-16(22)8-17(19(23)18(14)21(25)27)29-13-4-6-28-10-13;/h7-8,13H,3-6,9-10H2,1-2H3,(H,24,26);1H4/t13-;/m1./s1. The molecule has 1 aromatic heterocycles. The van der Waals surface area contributed by atoms with Gasteiger partial charge >= 0.3 is 0 Å². The molecule has 6 nitrogen and oxygen atoms in total. The first-order chi connectivity index (χ1) is 13.8. The summed E-state index contributed by atoms with van der Waals surface area (Å²) in [5.41, 5.74) is 3.13. The Balaban J connectivity index is 0.00000256. The van der Waals surface area contributed by atoms with Gasteiger partial charge in [-0.1, -0.05) is 30.6 Å². The zero-order chi connectivity index (χ0) is 20.7. The summed E-state index contributed by atoms with van der Waals surface area (Å²) >= 11 is 13.0. The van der Waals surface area contributed by atoms with Gasteiger partial charge in [-0.3, -0.25) is 9.59 Å². The molecule has 1 saturated heterocycles. The number of amides is 1. The van der Waals surface area contributed by atoms with E-state index in [1.807, 2.05) is 19.9 Å². The van der Waals surface area contributed by atoms with Crippen molar-refractivity contribution in [1.29, 1.82) is 0 Å². The van der Waals surface area contributed by atoms with Crippen LogP contribution in [-0.2, 0) is 17.7 Å². The fraction of sp³-hybridized carbons (Fsp3) is 0.455. The lowest BCUT2D eigenvalue weighted by molar-refractivity contribution is 0.0725. The Hall–Kier alpha value is -2.02. The van der Waals surface area contributed by atoms with Crippen LogP contribution in [0, 0.1) is 13.8 Å². The van der Waals surface area contributed by atoms with E-state index >= 15 is 0 Å². The summed E-state index contributed by atoms with van der Waals surface area (Å²) in [6.07, 6.45) is 1.22. The molecule has 2 aromatic rings. The number of rotatable bonds is 4. The van der Waals surface area contributed by atoms with Crippen LogP contribution >= 0.6 is 23.2 Å². The molecule has 8 heteroatoms. The summed E-state index contributed by atoms with van der Waals surface area (Å²) in [6, 6.07) is 3.58. The third-order valence-corrected chi connectivity index (χ3v) is 6.15. The van der Waals surface area contributed by atoms with Gasteiger partial charge in [-0.25, -0.2) is 0 Å². The number of nitrogens with zero attached hydrogens (tertiary/aromatic N) is 1. The van der Waals surface area contributed by atoms with Crippen LogP contribution in [0.1, 0.15) is 46.6 Å². The largest absolute Gasteiger partial charge is 0.486 e. The topological polar surface area (TPSA) is 71.6 Å². The lowest BCUT2D eigenvalue weighted by Crippen LogP contribution is -2.39. The Morgan fingerprint density at radius 2 is 2.03 bits per heavy atom. The fourth-order valence-electron chi connectivity index (χ4n) is 3.91. The van der Waals surface area contributed by atoms with Crippen LogP contribution in [0.4, 0.5) is 0 Å². The van der Waals surface area contributed by atoms with E-state index < -0.39 is 0 Å². The lowest BCUT2D eigenvalue weighted by atomic mass is 9.97. The summed E-state index contributed by atoms with van der Waals surface area (Å²) < 4.78 is 11.3. The molecule has 3 heterocycles. The number of carbonyl (C=O) groups is 1. The summed E-state index contributed by atoms with van der Waals surface area (Å²) in [6.45, 7) is 5.51. The van der Waals surface area contributed by atoms with E-state index in [1.54, 1.807) is 11.0 Å². The maximum Gasteiger partial charge on any atom is 0.256 e. The molecule has 1 amide bonds. The molecule has 0 aliphatic carbocycles. The maximum absolute atomic E-state index is 13.3. The van der Waals surface area contributed by atoms with E-state index in [1.165, 1.54) is 0 Å². The third kappa shape index (κ3) is 4.22. The molecular weight excluding hydrogens is 427 g/mol. The van der Waals surface area contributed by atoms with E-state index in [2.05, 4.69) is 4.98 Å². The summed E-state index contributed by atoms with van der Waals surface area (Å²) in [5, 5.41) is 0.733. The first-order valence-corrected chi connectivity index (χ1v) is 10.3. The molecule has 0 spiro atoms. The number of nitrogens with one attached hydrogen (secondary N) is 1. The van der Waals surface area contributed by atoms with Crippen LogP contribution in [0.15, 0.2) is 16.9 Å². The van der Waals surface area contributed by atoms with Crippen LogP contribution in [0.25, 0.3) is 0 Å². The Kier molecular flexibility index (Phi) is 6.80. The van der Waals surface area contributed by atoms with Crippen molar-refractivity contribution in [3.8, 4) is 5.75 Å². The second-order valence-electron chi connectivity index (χ2n) is 7.55. The second kappa shape index (κ2) is 9.00. The molecule has 0 saturated carbocycles. The number of hydrogen-bond donors (Lipinski definition) is 1. The Labute approximate surface area is 186 Å². The summed E-state index contributed by atoms with van der Waals surface area (Å²) in [4.78, 5) is 30.1. The van der Waals surface area contributed by atoms with Gasteiger partial charge in [0.05, 0.1) is 30.3 Å². The number of fused-ring (bicyclic) bond motifs is 1. The number of H-pyrrole nitrogens is 1. The average Bonchev–Trinajstić information content (AvgIpc) is 3.16. The van der Waals surface area contributed by atoms with Crippen LogP contribution in [0.5, 0.6) is 5.75 Å². The average molecular weight is 453 g/mol. The van der Waals surface area contributed by atoms with Gasteiger partial charge in [0.2, 0.25) is 0 Å². The number of aromatic nitrogens is 1. The first kappa shape index (κ1) is 22.7. The van der Waals surface area contributed by atoms with Crippen molar-refractivity contribution in [2.45, 2.75) is 46.8 Å². The molecule has 1 atom stereocenters. The number of aryl methyl sites for hydroxylation is 2. The van der Waals surface area contributed by atoms with Crippen molar-refractivity contribution in [3.05, 3.63) is 60.5 Å². The number of halogens is 2. The van der Waals surface area contributed by atoms with E-state index in [9.17, 15) is 9.59 Å². The molecule has 0 unspecified atom stereocenters. The van der Waals surface area contributed by atoms with E-state index in [0.717, 1.165) is 23.2 Å². The molecule has 0 bridgehead atoms. The monoisotopic (exact) mass is 452 g/mol. The Bertz CT molecular complexity index is 1030. The van der Waals surface area contributed by atoms with Crippen molar-refractivity contribution >= 4 is 29.1 Å². The first-order valence-electron chi connectivity index (χ1n) is 9.59. The number of hydrogen-bond acceptors (Lipinski definition) is 4. The van der Waals surface area contributed by atoms with Crippen LogP contribution in [-0.4, -0.2) is 41.7 Å². The van der Waals surface area contributed by atoms with Crippen molar-refractivity contribution < 1.29 is 14.3 Å². The van der Waals surface area contributed by atoms with E-state index in [0.29, 0.717) is 48.1 Å². The minimum atomic E-state index is -0.245. The Morgan fingerprint density at radius 1 is 1.27 bits per heavy atom. The third-order valence-electron chi connectivity index (χ3n) is 5.44. The van der Waals surface area contributed by atoms with E-state index in [4.69, 9.17) is 32.7 Å². The number of aromatic amines is 1. The lowest BCUT2D eigenvalue weighted by Gasteiger charge is -2.30. The maximum atomic E-state index is 13.3. The highest BCUT2D eigenvalue weighted by Gasteiger charge is 2.32. The normalized spacial score (nSPS) is 18.2. The van der Waals surface area contributed by atoms with E-state index in [-0.39, 0.29) is 36.6 Å². The summed E-state index contributed by atoms with van der Waals surface area (Å²) in [7, 11) is 0. The molecule has 1 fully saturated rings. The molecule has 162 valence electrons. The van der Waals surface area contributed by atoms with Crippen LogP contribution in [0.3, 0.4) is 0 Å². The highest BCUT2D eigenvalue weighted by molar-refractivity contribution is 6.38. The smallest absolute Gasteiger partial charge is 0.256 e. The molecular formula is C22H26Cl2N2O4. The van der Waals surface area contributed by atoms with Crippen molar-refractivity contribution in [2.24, 2.45) is 0 Å². The number of carbonyl (C=O) groups excluding carboxylic acids is 1.